The van der Waals surface area contributed by atoms with Crippen LogP contribution < -0.4 is 23.8 Å². The number of likely N-dealkylation sites (N-methyl/N-ethyl adjacent to an activating group) is 1. The van der Waals surface area contributed by atoms with Gasteiger partial charge in [0.05, 0.1) is 32.0 Å². The third-order valence-corrected chi connectivity index (χ3v) is 10.7. The molecule has 4 aromatic rings. The van der Waals surface area contributed by atoms with Gasteiger partial charge in [-0.05, 0) is 63.0 Å². The van der Waals surface area contributed by atoms with Gasteiger partial charge in [0.25, 0.3) is 10.0 Å². The molecular formula is C35H37F6N5O5S. The maximum absolute atomic E-state index is 16.1. The van der Waals surface area contributed by atoms with Crippen molar-refractivity contribution >= 4 is 21.5 Å². The maximum atomic E-state index is 16.1. The van der Waals surface area contributed by atoms with Crippen molar-refractivity contribution < 1.29 is 49.0 Å². The van der Waals surface area contributed by atoms with Crippen LogP contribution in [0.25, 0.3) is 0 Å². The van der Waals surface area contributed by atoms with Gasteiger partial charge in [-0.2, -0.15) is 22.0 Å². The van der Waals surface area contributed by atoms with Crippen LogP contribution in [0, 0.1) is 5.82 Å². The van der Waals surface area contributed by atoms with E-state index in [2.05, 4.69) is 15.3 Å². The first-order valence-corrected chi connectivity index (χ1v) is 17.4. The zero-order valence-corrected chi connectivity index (χ0v) is 29.4. The Bertz CT molecular complexity index is 1950. The summed E-state index contributed by atoms with van der Waals surface area (Å²) in [5.74, 6) is -1.58. The van der Waals surface area contributed by atoms with Crippen molar-refractivity contribution in [2.75, 3.05) is 37.9 Å². The fourth-order valence-electron chi connectivity index (χ4n) is 6.37. The predicted octanol–water partition coefficient (Wildman–Crippen LogP) is 7.33. The molecule has 1 N–H and O–H groups in total. The Labute approximate surface area is 297 Å². The first-order chi connectivity index (χ1) is 24.6. The van der Waals surface area contributed by atoms with Crippen LogP contribution in [0.2, 0.25) is 0 Å². The number of nitrogens with one attached hydrogen (secondary N) is 1. The van der Waals surface area contributed by atoms with Crippen molar-refractivity contribution in [1.29, 1.82) is 0 Å². The minimum atomic E-state index is -4.87. The van der Waals surface area contributed by atoms with E-state index < -0.39 is 57.4 Å². The number of benzene rings is 3. The third-order valence-electron chi connectivity index (χ3n) is 8.95. The van der Waals surface area contributed by atoms with E-state index in [0.29, 0.717) is 42.2 Å². The van der Waals surface area contributed by atoms with Gasteiger partial charge in [0.15, 0.2) is 5.75 Å². The highest BCUT2D eigenvalue weighted by atomic mass is 32.2. The Kier molecular flexibility index (Phi) is 11.7. The number of hydrogen-bond donors (Lipinski definition) is 1. The van der Waals surface area contributed by atoms with Crippen LogP contribution in [0.1, 0.15) is 41.9 Å². The number of rotatable bonds is 13. The Balaban J connectivity index is 1.49. The summed E-state index contributed by atoms with van der Waals surface area (Å²) in [6.45, 7) is -3.80. The second-order valence-electron chi connectivity index (χ2n) is 12.3. The van der Waals surface area contributed by atoms with Crippen molar-refractivity contribution in [2.45, 2.75) is 61.5 Å². The molecule has 10 nitrogen and oxygen atoms in total. The van der Waals surface area contributed by atoms with E-state index in [0.717, 1.165) is 28.8 Å². The molecule has 0 aliphatic heterocycles. The van der Waals surface area contributed by atoms with Gasteiger partial charge in [0.2, 0.25) is 0 Å². The molecule has 0 unspecified atom stereocenters. The minimum absolute atomic E-state index is 0.142. The van der Waals surface area contributed by atoms with E-state index in [1.54, 1.807) is 32.3 Å². The molecule has 52 heavy (non-hydrogen) atoms. The Hall–Kier alpha value is -4.77. The number of nitrogens with zero attached hydrogens (tertiary/aromatic N) is 4. The number of alkyl halides is 5. The smallest absolute Gasteiger partial charge is 0.416 e. The Morgan fingerprint density at radius 3 is 2.38 bits per heavy atom. The lowest BCUT2D eigenvalue weighted by atomic mass is 9.78. The SMILES string of the molecule is COc1ccc(CN(c2ccncn2)S(=O)(=O)c2cc(OC(F)F)c(N[C@H]3CC[C@H](c4cccc(C(F)(F)F)c4)C[C@@H]3N(C)C)cc2F)c(OC)c1. The molecule has 1 fully saturated rings. The van der Waals surface area contributed by atoms with Gasteiger partial charge in [-0.1, -0.05) is 18.2 Å². The van der Waals surface area contributed by atoms with Gasteiger partial charge in [-0.3, -0.25) is 0 Å². The Morgan fingerprint density at radius 2 is 1.75 bits per heavy atom. The summed E-state index contributed by atoms with van der Waals surface area (Å²) in [4.78, 5) is 8.75. The molecular weight excluding hydrogens is 716 g/mol. The number of hydrogen-bond acceptors (Lipinski definition) is 9. The number of sulfonamides is 1. The van der Waals surface area contributed by atoms with Gasteiger partial charge in [0.1, 0.15) is 34.4 Å². The molecule has 5 rings (SSSR count). The van der Waals surface area contributed by atoms with Gasteiger partial charge in [-0.15, -0.1) is 0 Å². The maximum Gasteiger partial charge on any atom is 0.416 e. The molecule has 1 heterocycles. The number of halogens is 6. The Morgan fingerprint density at radius 1 is 0.981 bits per heavy atom. The lowest BCUT2D eigenvalue weighted by Crippen LogP contribution is -2.47. The van der Waals surface area contributed by atoms with Crippen molar-refractivity contribution in [3.63, 3.8) is 0 Å². The number of anilines is 2. The molecule has 1 saturated carbocycles. The summed E-state index contributed by atoms with van der Waals surface area (Å²) in [7, 11) is 1.48. The van der Waals surface area contributed by atoms with Crippen molar-refractivity contribution in [3.05, 3.63) is 95.7 Å². The molecule has 17 heteroatoms. The standard InChI is InChI=1S/C35H37F6N5O5S/c1-45(2)29-15-22(21-6-5-7-24(14-21)35(39,40)41)9-11-27(29)44-28-17-26(36)32(18-31(28)51-34(37)38)52(47,48)46(33-12-13-42-20-43-33)19-23-8-10-25(49-3)16-30(23)50-4/h5-8,10,12-14,16-18,20,22,27,29,34,44H,9,11,15,19H2,1-4H3/t22-,27-,29-/m0/s1. The van der Waals surface area contributed by atoms with Crippen molar-refractivity contribution in [3.8, 4) is 17.2 Å². The van der Waals surface area contributed by atoms with Crippen LogP contribution in [-0.4, -0.2) is 70.3 Å². The topological polar surface area (TPSA) is 106 Å². The second-order valence-corrected chi connectivity index (χ2v) is 14.2. The largest absolute Gasteiger partial charge is 0.497 e. The summed E-state index contributed by atoms with van der Waals surface area (Å²) in [5.41, 5.74) is -0.115. The van der Waals surface area contributed by atoms with Gasteiger partial charge in [-0.25, -0.2) is 27.1 Å². The molecule has 1 aliphatic carbocycles. The minimum Gasteiger partial charge on any atom is -0.497 e. The summed E-state index contributed by atoms with van der Waals surface area (Å²) in [6, 6.07) is 11.7. The van der Waals surface area contributed by atoms with Crippen molar-refractivity contribution in [2.24, 2.45) is 0 Å². The van der Waals surface area contributed by atoms with Gasteiger partial charge < -0.3 is 24.4 Å². The monoisotopic (exact) mass is 753 g/mol. The van der Waals surface area contributed by atoms with Gasteiger partial charge >= 0.3 is 12.8 Å². The fourth-order valence-corrected chi connectivity index (χ4v) is 7.83. The highest BCUT2D eigenvalue weighted by molar-refractivity contribution is 7.92. The molecule has 0 spiro atoms. The third kappa shape index (κ3) is 8.63. The van der Waals surface area contributed by atoms with E-state index in [4.69, 9.17) is 14.2 Å². The van der Waals surface area contributed by atoms with Crippen LogP contribution >= 0.6 is 0 Å². The second kappa shape index (κ2) is 15.9. The lowest BCUT2D eigenvalue weighted by Gasteiger charge is -2.41. The highest BCUT2D eigenvalue weighted by Gasteiger charge is 2.37. The molecule has 0 radical (unpaired) electrons. The molecule has 1 aromatic heterocycles. The highest BCUT2D eigenvalue weighted by Crippen LogP contribution is 2.41. The van der Waals surface area contributed by atoms with Gasteiger partial charge in [0, 0.05) is 48.1 Å². The van der Waals surface area contributed by atoms with E-state index in [1.165, 1.54) is 38.6 Å². The van der Waals surface area contributed by atoms with E-state index in [1.807, 2.05) is 4.90 Å². The van der Waals surface area contributed by atoms with Crippen LogP contribution in [0.4, 0.5) is 37.8 Å². The average molecular weight is 754 g/mol. The number of methoxy groups -OCH3 is 2. The van der Waals surface area contributed by atoms with Crippen LogP contribution in [0.15, 0.2) is 78.1 Å². The zero-order valence-electron chi connectivity index (χ0n) is 28.6. The van der Waals surface area contributed by atoms with Crippen LogP contribution in [0.5, 0.6) is 17.2 Å². The summed E-state index contributed by atoms with van der Waals surface area (Å²) < 4.78 is 129. The van der Waals surface area contributed by atoms with E-state index in [-0.39, 0.29) is 29.2 Å². The molecule has 0 amide bonds. The molecule has 1 aliphatic rings. The quantitative estimate of drug-likeness (QED) is 0.141. The first kappa shape index (κ1) is 38.5. The first-order valence-electron chi connectivity index (χ1n) is 16.0. The average Bonchev–Trinajstić information content (AvgIpc) is 3.11. The number of ether oxygens (including phenoxy) is 3. The molecule has 3 atom stereocenters. The number of aromatic nitrogens is 2. The normalized spacial score (nSPS) is 18.0. The fraction of sp³-hybridized carbons (Fsp3) is 0.371. The summed E-state index contributed by atoms with van der Waals surface area (Å²) in [6.07, 6.45) is -0.922. The summed E-state index contributed by atoms with van der Waals surface area (Å²) >= 11 is 0. The van der Waals surface area contributed by atoms with E-state index in [9.17, 15) is 30.4 Å². The lowest BCUT2D eigenvalue weighted by molar-refractivity contribution is -0.137. The summed E-state index contributed by atoms with van der Waals surface area (Å²) in [5, 5.41) is 3.06. The van der Waals surface area contributed by atoms with Crippen LogP contribution in [0.3, 0.4) is 0 Å². The predicted molar refractivity (Wildman–Crippen MR) is 181 cm³/mol. The molecule has 280 valence electrons. The zero-order chi connectivity index (χ0) is 37.8. The molecule has 0 saturated heterocycles. The van der Waals surface area contributed by atoms with Crippen molar-refractivity contribution in [1.82, 2.24) is 14.9 Å². The molecule has 0 bridgehead atoms. The molecule has 3 aromatic carbocycles. The van der Waals surface area contributed by atoms with Crippen LogP contribution in [-0.2, 0) is 22.7 Å². The van der Waals surface area contributed by atoms with E-state index >= 15 is 4.39 Å².